The van der Waals surface area contributed by atoms with Gasteiger partial charge < -0.3 is 15.3 Å². The van der Waals surface area contributed by atoms with E-state index in [1.54, 1.807) is 0 Å². The Bertz CT molecular complexity index is 416. The fourth-order valence-corrected chi connectivity index (χ4v) is 0.930. The standard InChI is InChI=1S/C9H9NO6/c11-5-1-2-6(7(12)3-5)9(15)10-16-4-8(13)14/h1-3,11-12H,4H2,(H,10,15)(H,13,14). The van der Waals surface area contributed by atoms with Crippen molar-refractivity contribution in [3.8, 4) is 11.5 Å². The van der Waals surface area contributed by atoms with Gasteiger partial charge in [-0.25, -0.2) is 10.3 Å². The summed E-state index contributed by atoms with van der Waals surface area (Å²) in [5.74, 6) is -2.68. The van der Waals surface area contributed by atoms with Crippen LogP contribution < -0.4 is 5.48 Å². The Morgan fingerprint density at radius 3 is 2.56 bits per heavy atom. The molecule has 0 spiro atoms. The number of amides is 1. The van der Waals surface area contributed by atoms with Gasteiger partial charge in [-0.05, 0) is 12.1 Å². The minimum Gasteiger partial charge on any atom is -0.508 e. The SMILES string of the molecule is O=C(O)CONC(=O)c1ccc(O)cc1O. The van der Waals surface area contributed by atoms with Crippen molar-refractivity contribution in [2.45, 2.75) is 0 Å². The van der Waals surface area contributed by atoms with Gasteiger partial charge in [0.25, 0.3) is 5.91 Å². The molecule has 0 atom stereocenters. The lowest BCUT2D eigenvalue weighted by molar-refractivity contribution is -0.144. The van der Waals surface area contributed by atoms with Gasteiger partial charge in [0.15, 0.2) is 6.61 Å². The quantitative estimate of drug-likeness (QED) is 0.531. The molecule has 1 rings (SSSR count). The molecular weight excluding hydrogens is 218 g/mol. The smallest absolute Gasteiger partial charge is 0.332 e. The number of rotatable bonds is 4. The Balaban J connectivity index is 2.63. The lowest BCUT2D eigenvalue weighted by Gasteiger charge is -2.05. The molecule has 1 aromatic rings. The molecule has 0 aliphatic carbocycles. The first kappa shape index (κ1) is 11.8. The molecule has 4 N–H and O–H groups in total. The van der Waals surface area contributed by atoms with Crippen LogP contribution in [0.15, 0.2) is 18.2 Å². The van der Waals surface area contributed by atoms with Crippen molar-refractivity contribution in [2.24, 2.45) is 0 Å². The van der Waals surface area contributed by atoms with Gasteiger partial charge in [0, 0.05) is 6.07 Å². The van der Waals surface area contributed by atoms with Crippen LogP contribution in [0.1, 0.15) is 10.4 Å². The minimum absolute atomic E-state index is 0.136. The number of hydrogen-bond donors (Lipinski definition) is 4. The predicted molar refractivity (Wildman–Crippen MR) is 50.8 cm³/mol. The minimum atomic E-state index is -1.24. The van der Waals surface area contributed by atoms with Gasteiger partial charge in [-0.3, -0.25) is 9.63 Å². The Morgan fingerprint density at radius 1 is 1.31 bits per heavy atom. The predicted octanol–water partition coefficient (Wildman–Crippen LogP) is -0.156. The second-order valence-corrected chi connectivity index (χ2v) is 2.82. The van der Waals surface area contributed by atoms with E-state index in [0.717, 1.165) is 6.07 Å². The number of nitrogens with one attached hydrogen (secondary N) is 1. The molecule has 0 fully saturated rings. The lowest BCUT2D eigenvalue weighted by Crippen LogP contribution is -2.26. The van der Waals surface area contributed by atoms with Crippen molar-refractivity contribution in [2.75, 3.05) is 6.61 Å². The normalized spacial score (nSPS) is 9.75. The molecular formula is C9H9NO6. The van der Waals surface area contributed by atoms with Crippen LogP contribution >= 0.6 is 0 Å². The van der Waals surface area contributed by atoms with Crippen LogP contribution in [0.5, 0.6) is 11.5 Å². The number of phenols is 2. The second kappa shape index (κ2) is 4.99. The summed E-state index contributed by atoms with van der Waals surface area (Å²) in [4.78, 5) is 25.7. The topological polar surface area (TPSA) is 116 Å². The molecule has 86 valence electrons. The zero-order chi connectivity index (χ0) is 12.1. The summed E-state index contributed by atoms with van der Waals surface area (Å²) in [6.07, 6.45) is 0. The zero-order valence-corrected chi connectivity index (χ0v) is 8.01. The Hall–Kier alpha value is -2.28. The molecule has 0 aliphatic rings. The molecule has 7 nitrogen and oxygen atoms in total. The molecule has 7 heteroatoms. The second-order valence-electron chi connectivity index (χ2n) is 2.82. The van der Waals surface area contributed by atoms with Crippen molar-refractivity contribution < 1.29 is 29.7 Å². The van der Waals surface area contributed by atoms with Gasteiger partial charge >= 0.3 is 5.97 Å². The highest BCUT2D eigenvalue weighted by molar-refractivity contribution is 5.96. The van der Waals surface area contributed by atoms with Crippen LogP contribution in [0, 0.1) is 0 Å². The van der Waals surface area contributed by atoms with Gasteiger partial charge in [0.2, 0.25) is 0 Å². The molecule has 0 saturated carbocycles. The Morgan fingerprint density at radius 2 is 2.00 bits per heavy atom. The Kier molecular flexibility index (Phi) is 3.67. The van der Waals surface area contributed by atoms with Crippen LogP contribution in [0.4, 0.5) is 0 Å². The molecule has 1 aromatic carbocycles. The van der Waals surface area contributed by atoms with Crippen LogP contribution in [0.25, 0.3) is 0 Å². The van der Waals surface area contributed by atoms with Gasteiger partial charge in [-0.2, -0.15) is 0 Å². The fourth-order valence-electron chi connectivity index (χ4n) is 0.930. The largest absolute Gasteiger partial charge is 0.508 e. The van der Waals surface area contributed by atoms with E-state index in [0.29, 0.717) is 0 Å². The number of phenolic OH excluding ortho intramolecular Hbond substituents is 2. The molecule has 0 saturated heterocycles. The highest BCUT2D eigenvalue weighted by atomic mass is 16.7. The van der Waals surface area contributed by atoms with E-state index >= 15 is 0 Å². The molecule has 0 aliphatic heterocycles. The van der Waals surface area contributed by atoms with E-state index in [9.17, 15) is 14.7 Å². The maximum atomic E-state index is 11.3. The third kappa shape index (κ3) is 3.14. The molecule has 0 radical (unpaired) electrons. The highest BCUT2D eigenvalue weighted by Gasteiger charge is 2.11. The van der Waals surface area contributed by atoms with E-state index in [-0.39, 0.29) is 11.3 Å². The van der Waals surface area contributed by atoms with E-state index in [4.69, 9.17) is 10.2 Å². The molecule has 0 aromatic heterocycles. The van der Waals surface area contributed by atoms with Gasteiger partial charge in [-0.1, -0.05) is 0 Å². The van der Waals surface area contributed by atoms with Crippen molar-refractivity contribution in [1.82, 2.24) is 5.48 Å². The number of hydrogen-bond acceptors (Lipinski definition) is 5. The van der Waals surface area contributed by atoms with E-state index in [1.165, 1.54) is 12.1 Å². The molecule has 0 bridgehead atoms. The molecule has 1 amide bonds. The van der Waals surface area contributed by atoms with Crippen molar-refractivity contribution >= 4 is 11.9 Å². The van der Waals surface area contributed by atoms with Crippen LogP contribution in [0.3, 0.4) is 0 Å². The monoisotopic (exact) mass is 227 g/mol. The number of aromatic hydroxyl groups is 2. The maximum absolute atomic E-state index is 11.3. The van der Waals surface area contributed by atoms with Crippen LogP contribution in [0.2, 0.25) is 0 Å². The number of carbonyl (C=O) groups excluding carboxylic acids is 1. The first-order chi connectivity index (χ1) is 7.50. The number of carboxylic acids is 1. The lowest BCUT2D eigenvalue weighted by atomic mass is 10.2. The average Bonchev–Trinajstić information content (AvgIpc) is 2.16. The number of carboxylic acid groups (broad SMARTS) is 1. The Labute approximate surface area is 89.8 Å². The molecule has 0 heterocycles. The number of carbonyl (C=O) groups is 2. The van der Waals surface area contributed by atoms with Crippen LogP contribution in [-0.4, -0.2) is 33.8 Å². The zero-order valence-electron chi connectivity index (χ0n) is 8.01. The van der Waals surface area contributed by atoms with Gasteiger partial charge in [-0.15, -0.1) is 0 Å². The number of aliphatic carboxylic acids is 1. The summed E-state index contributed by atoms with van der Waals surface area (Å²) in [7, 11) is 0. The summed E-state index contributed by atoms with van der Waals surface area (Å²) in [5.41, 5.74) is 1.69. The maximum Gasteiger partial charge on any atom is 0.332 e. The van der Waals surface area contributed by atoms with Crippen molar-refractivity contribution in [3.05, 3.63) is 23.8 Å². The summed E-state index contributed by atoms with van der Waals surface area (Å²) in [5, 5.41) is 26.5. The summed E-state index contributed by atoms with van der Waals surface area (Å²) < 4.78 is 0. The molecule has 16 heavy (non-hydrogen) atoms. The summed E-state index contributed by atoms with van der Waals surface area (Å²) in [6, 6.07) is 3.35. The van der Waals surface area contributed by atoms with Gasteiger partial charge in [0.1, 0.15) is 11.5 Å². The number of hydroxylamine groups is 1. The highest BCUT2D eigenvalue weighted by Crippen LogP contribution is 2.22. The van der Waals surface area contributed by atoms with E-state index in [2.05, 4.69) is 4.84 Å². The fraction of sp³-hybridized carbons (Fsp3) is 0.111. The summed E-state index contributed by atoms with van der Waals surface area (Å²) in [6.45, 7) is -0.690. The third-order valence-corrected chi connectivity index (χ3v) is 1.59. The van der Waals surface area contributed by atoms with Crippen LogP contribution in [-0.2, 0) is 9.63 Å². The first-order valence-corrected chi connectivity index (χ1v) is 4.16. The van der Waals surface area contributed by atoms with E-state index in [1.807, 2.05) is 5.48 Å². The van der Waals surface area contributed by atoms with Crippen molar-refractivity contribution in [1.29, 1.82) is 0 Å². The van der Waals surface area contributed by atoms with Gasteiger partial charge in [0.05, 0.1) is 5.56 Å². The van der Waals surface area contributed by atoms with E-state index < -0.39 is 24.2 Å². The molecule has 0 unspecified atom stereocenters. The summed E-state index contributed by atoms with van der Waals surface area (Å²) >= 11 is 0. The first-order valence-electron chi connectivity index (χ1n) is 4.16. The van der Waals surface area contributed by atoms with Crippen molar-refractivity contribution in [3.63, 3.8) is 0 Å². The average molecular weight is 227 g/mol. The third-order valence-electron chi connectivity index (χ3n) is 1.59. The number of benzene rings is 1.